The van der Waals surface area contributed by atoms with Gasteiger partial charge in [0.25, 0.3) is 11.4 Å². The van der Waals surface area contributed by atoms with E-state index in [2.05, 4.69) is 20.2 Å². The first-order chi connectivity index (χ1) is 23.0. The third-order valence-electron chi connectivity index (χ3n) is 6.26. The van der Waals surface area contributed by atoms with Gasteiger partial charge in [0, 0.05) is 48.0 Å². The Balaban J connectivity index is 0.000000391. The summed E-state index contributed by atoms with van der Waals surface area (Å²) in [6.45, 7) is 3.77. The van der Waals surface area contributed by atoms with E-state index in [4.69, 9.17) is 11.3 Å². The number of nitrogens with one attached hydrogen (secondary N) is 1. The standard InChI is InChI=1S/C15H12N4O2.C8H7F5N2O.C8H8N2O2.2ClH/c1-11-2-6-13(7-3-11)18-10-16-15(17-18)12-4-8-14(9-5-12)19(20)21;9-7(10,11)8(12,13)16-6-3-1-5(15-14)2-4-6;1-6(9)7-2-4-8(5-3-7)10(11)12;;/h2-10H,1H3;1-4,15H,14H2;2-5,9H,1H3;2*1H. The number of nitro benzene ring substituents is 2. The van der Waals surface area contributed by atoms with Crippen molar-refractivity contribution >= 4 is 35.2 Å². The van der Waals surface area contributed by atoms with E-state index in [0.717, 1.165) is 28.9 Å². The molecule has 0 fully saturated rings. The molecule has 0 aliphatic rings. The van der Waals surface area contributed by atoms with Gasteiger partial charge >= 0.3 is 12.3 Å². The Morgan fingerprint density at radius 3 is 1.76 bits per heavy atom. The number of benzene rings is 4. The summed E-state index contributed by atoms with van der Waals surface area (Å²) in [5.74, 6) is 4.90. The summed E-state index contributed by atoms with van der Waals surface area (Å²) in [6.07, 6.45) is -9.34. The number of hydrogen-bond donors (Lipinski definition) is 3. The lowest BCUT2D eigenvalue weighted by atomic mass is 10.1. The molecular formula is C31H29Cl2F5N8O5. The Morgan fingerprint density at radius 1 is 0.843 bits per heavy atom. The molecule has 0 radical (unpaired) electrons. The highest BCUT2D eigenvalue weighted by Crippen LogP contribution is 2.37. The average molecular weight is 760 g/mol. The van der Waals surface area contributed by atoms with Gasteiger partial charge in [-0.3, -0.25) is 31.5 Å². The molecule has 4 aromatic carbocycles. The normalized spacial score (nSPS) is 10.4. The molecule has 13 nitrogen and oxygen atoms in total. The van der Waals surface area contributed by atoms with E-state index >= 15 is 0 Å². The third-order valence-corrected chi connectivity index (χ3v) is 6.26. The fourth-order valence-corrected chi connectivity index (χ4v) is 3.62. The van der Waals surface area contributed by atoms with Crippen molar-refractivity contribution in [3.8, 4) is 22.8 Å². The van der Waals surface area contributed by atoms with Crippen molar-refractivity contribution in [3.63, 3.8) is 0 Å². The summed E-state index contributed by atoms with van der Waals surface area (Å²) < 4.78 is 65.3. The molecule has 20 heteroatoms. The maximum absolute atomic E-state index is 12.4. The maximum atomic E-state index is 12.4. The molecule has 0 saturated heterocycles. The van der Waals surface area contributed by atoms with Crippen LogP contribution in [-0.4, -0.2) is 42.6 Å². The number of nitrogen functional groups attached to an aromatic ring is 1. The van der Waals surface area contributed by atoms with Gasteiger partial charge in [0.2, 0.25) is 0 Å². The zero-order valence-corrected chi connectivity index (χ0v) is 28.0. The Morgan fingerprint density at radius 2 is 1.33 bits per heavy atom. The number of nitro groups is 2. The van der Waals surface area contributed by atoms with Crippen molar-refractivity contribution < 1.29 is 54.4 Å². The number of non-ortho nitro benzene ring substituents is 2. The van der Waals surface area contributed by atoms with Crippen LogP contribution >= 0.6 is 12.4 Å². The number of nitrogens with two attached hydrogens (primary N) is 2. The largest absolute Gasteiger partial charge is 1.00 e. The van der Waals surface area contributed by atoms with E-state index in [-0.39, 0.29) is 36.2 Å². The van der Waals surface area contributed by atoms with Gasteiger partial charge in [-0.25, -0.2) is 9.67 Å². The van der Waals surface area contributed by atoms with E-state index in [1.165, 1.54) is 42.0 Å². The molecule has 0 aliphatic carbocycles. The summed E-state index contributed by atoms with van der Waals surface area (Å²) in [4.78, 5) is 24.3. The second-order valence-electron chi connectivity index (χ2n) is 9.92. The van der Waals surface area contributed by atoms with Crippen LogP contribution in [0, 0.1) is 27.2 Å². The number of hydrazine groups is 1. The van der Waals surface area contributed by atoms with Crippen LogP contribution in [0.15, 0.2) is 103 Å². The molecule has 0 bridgehead atoms. The Kier molecular flexibility index (Phi) is 16.0. The second-order valence-corrected chi connectivity index (χ2v) is 9.92. The summed E-state index contributed by atoms with van der Waals surface area (Å²) in [6, 6.07) is 24.5. The van der Waals surface area contributed by atoms with Gasteiger partial charge in [0.1, 0.15) is 12.1 Å². The summed E-state index contributed by atoms with van der Waals surface area (Å²) in [5.41, 5.74) is 6.98. The predicted octanol–water partition coefficient (Wildman–Crippen LogP) is 3.25. The second kappa shape index (κ2) is 18.9. The number of hydrogen-bond acceptors (Lipinski definition) is 9. The minimum absolute atomic E-state index is 0. The minimum atomic E-state index is -5.75. The molecule has 0 unspecified atom stereocenters. The summed E-state index contributed by atoms with van der Waals surface area (Å²) >= 11 is 0. The lowest BCUT2D eigenvalue weighted by Crippen LogP contribution is -3.00. The molecule has 1 heterocycles. The Hall–Kier alpha value is -5.72. The fourth-order valence-electron chi connectivity index (χ4n) is 3.62. The molecule has 0 spiro atoms. The lowest BCUT2D eigenvalue weighted by molar-refractivity contribution is -0.385. The van der Waals surface area contributed by atoms with Crippen LogP contribution in [0.2, 0.25) is 0 Å². The SMILES string of the molecule is CC(=[NH2+])c1ccc([N+](=O)[O-])cc1.Cc1ccc(-n2cnc(-c3ccc([N+](=O)[O-])cc3)n2)cc1.Cl.NNc1ccc(OC(F)(F)C(F)(F)F)cc1.[Cl-]. The molecule has 1 aromatic heterocycles. The molecule has 272 valence electrons. The van der Waals surface area contributed by atoms with Crippen LogP contribution in [0.1, 0.15) is 18.1 Å². The lowest BCUT2D eigenvalue weighted by Gasteiger charge is -2.20. The predicted molar refractivity (Wildman–Crippen MR) is 176 cm³/mol. The van der Waals surface area contributed by atoms with Gasteiger partial charge < -0.3 is 22.6 Å². The molecule has 5 N–H and O–H groups in total. The van der Waals surface area contributed by atoms with Crippen LogP contribution < -0.4 is 33.8 Å². The average Bonchev–Trinajstić information content (AvgIpc) is 3.56. The van der Waals surface area contributed by atoms with Crippen LogP contribution in [0.4, 0.5) is 39.0 Å². The highest BCUT2D eigenvalue weighted by atomic mass is 35.5. The van der Waals surface area contributed by atoms with Crippen molar-refractivity contribution in [3.05, 3.63) is 135 Å². The van der Waals surface area contributed by atoms with Gasteiger partial charge in [0.05, 0.1) is 15.5 Å². The van der Waals surface area contributed by atoms with Gasteiger partial charge in [-0.05, 0) is 67.6 Å². The quantitative estimate of drug-likeness (QED) is 0.0702. The first-order valence-electron chi connectivity index (χ1n) is 13.8. The van der Waals surface area contributed by atoms with Crippen molar-refractivity contribution in [2.45, 2.75) is 26.1 Å². The van der Waals surface area contributed by atoms with Crippen LogP contribution in [0.25, 0.3) is 17.1 Å². The zero-order valence-electron chi connectivity index (χ0n) is 26.4. The topological polar surface area (TPSA) is 190 Å². The molecule has 5 rings (SSSR count). The van der Waals surface area contributed by atoms with Crippen LogP contribution in [0.5, 0.6) is 5.75 Å². The van der Waals surface area contributed by atoms with E-state index in [9.17, 15) is 42.2 Å². The Bertz CT molecular complexity index is 1840. The van der Waals surface area contributed by atoms with Crippen LogP contribution in [0.3, 0.4) is 0 Å². The van der Waals surface area contributed by atoms with Crippen molar-refractivity contribution in [2.24, 2.45) is 5.84 Å². The zero-order chi connectivity index (χ0) is 36.4. The Labute approximate surface area is 298 Å². The van der Waals surface area contributed by atoms with E-state index in [1.54, 1.807) is 42.2 Å². The number of nitrogens with zero attached hydrogens (tertiary/aromatic N) is 5. The number of ether oxygens (including phenoxy) is 1. The van der Waals surface area contributed by atoms with Gasteiger partial charge in [-0.15, -0.1) is 17.5 Å². The number of aryl methyl sites for hydroxylation is 1. The van der Waals surface area contributed by atoms with Crippen molar-refractivity contribution in [1.82, 2.24) is 14.8 Å². The van der Waals surface area contributed by atoms with Crippen molar-refractivity contribution in [1.29, 1.82) is 0 Å². The maximum Gasteiger partial charge on any atom is 0.499 e. The van der Waals surface area contributed by atoms with Crippen molar-refractivity contribution in [2.75, 3.05) is 5.43 Å². The number of halogens is 7. The fraction of sp³-hybridized carbons (Fsp3) is 0.129. The first kappa shape index (κ1) is 43.3. The first-order valence-corrected chi connectivity index (χ1v) is 13.8. The van der Waals surface area contributed by atoms with E-state index in [0.29, 0.717) is 17.2 Å². The molecular weight excluding hydrogens is 730 g/mol. The molecule has 5 aromatic rings. The molecule has 0 aliphatic heterocycles. The van der Waals surface area contributed by atoms with Gasteiger partial charge in [0.15, 0.2) is 11.5 Å². The van der Waals surface area contributed by atoms with Gasteiger partial charge in [-0.1, -0.05) is 17.7 Å². The van der Waals surface area contributed by atoms with E-state index < -0.39 is 27.9 Å². The number of aromatic nitrogens is 3. The third kappa shape index (κ3) is 12.6. The number of anilines is 1. The molecule has 0 amide bonds. The highest BCUT2D eigenvalue weighted by Gasteiger charge is 2.61. The summed E-state index contributed by atoms with van der Waals surface area (Å²) in [5, 5.41) is 30.8. The highest BCUT2D eigenvalue weighted by molar-refractivity contribution is 5.93. The molecule has 0 atom stereocenters. The summed E-state index contributed by atoms with van der Waals surface area (Å²) in [7, 11) is 0. The molecule has 51 heavy (non-hydrogen) atoms. The van der Waals surface area contributed by atoms with E-state index in [1.807, 2.05) is 31.2 Å². The monoisotopic (exact) mass is 758 g/mol. The van der Waals surface area contributed by atoms with Crippen LogP contribution in [-0.2, 0) is 0 Å². The smallest absolute Gasteiger partial charge is 0.499 e. The van der Waals surface area contributed by atoms with Gasteiger partial charge in [-0.2, -0.15) is 22.0 Å². The minimum Gasteiger partial charge on any atom is -1.00 e. The number of rotatable bonds is 8. The molecule has 0 saturated carbocycles. The number of alkyl halides is 5.